The van der Waals surface area contributed by atoms with Crippen LogP contribution in [0.5, 0.6) is 0 Å². The summed E-state index contributed by atoms with van der Waals surface area (Å²) >= 11 is 0. The molecule has 11 heteroatoms. The van der Waals surface area contributed by atoms with E-state index in [2.05, 4.69) is 6.92 Å². The number of benzene rings is 2. The van der Waals surface area contributed by atoms with Crippen LogP contribution in [0.3, 0.4) is 0 Å². The fraction of sp³-hybridized carbons (Fsp3) is 0.576. The summed E-state index contributed by atoms with van der Waals surface area (Å²) in [5.41, 5.74) is -2.90. The number of hydrogen-bond acceptors (Lipinski definition) is 3. The summed E-state index contributed by atoms with van der Waals surface area (Å²) in [6.07, 6.45) is -0.373. The molecule has 1 aliphatic heterocycles. The molecular formula is C33H42F6N2O3. The average Bonchev–Trinajstić information content (AvgIpc) is 2.96. The van der Waals surface area contributed by atoms with Crippen LogP contribution in [-0.4, -0.2) is 58.5 Å². The van der Waals surface area contributed by atoms with Gasteiger partial charge < -0.3 is 10.0 Å². The molecule has 1 saturated heterocycles. The molecule has 1 aliphatic rings. The van der Waals surface area contributed by atoms with E-state index in [4.69, 9.17) is 0 Å². The van der Waals surface area contributed by atoms with Gasteiger partial charge in [-0.2, -0.15) is 26.3 Å². The van der Waals surface area contributed by atoms with Crippen LogP contribution in [0.1, 0.15) is 98.2 Å². The van der Waals surface area contributed by atoms with E-state index in [1.54, 1.807) is 0 Å². The standard InChI is InChI=1S/C33H42F6N2O3/c1-2-3-4-5-6-7-8-12-16-40(23-30(42)43)28-15-17-41(29(22-28)18-24-13-10-9-11-14-24)31(44)25-19-26(32(34,35)36)21-27(20-25)33(37,38)39/h9-11,13-14,19-21,28-29H,2-8,12,15-18,22-23H2,1H3,(H,42,43)/t28-,29+/m0/s1. The molecule has 2 aromatic carbocycles. The number of carboxylic acid groups (broad SMARTS) is 1. The van der Waals surface area contributed by atoms with Crippen molar-refractivity contribution in [1.29, 1.82) is 0 Å². The highest BCUT2D eigenvalue weighted by atomic mass is 19.4. The number of piperidine rings is 1. The van der Waals surface area contributed by atoms with Gasteiger partial charge in [0.2, 0.25) is 0 Å². The molecule has 0 spiro atoms. The number of carboxylic acids is 1. The Morgan fingerprint density at radius 2 is 1.43 bits per heavy atom. The van der Waals surface area contributed by atoms with E-state index in [1.165, 1.54) is 30.6 Å². The van der Waals surface area contributed by atoms with E-state index < -0.39 is 47.0 Å². The molecule has 44 heavy (non-hydrogen) atoms. The van der Waals surface area contributed by atoms with Gasteiger partial charge in [-0.25, -0.2) is 0 Å². The molecule has 1 fully saturated rings. The number of hydrogen-bond donors (Lipinski definition) is 1. The number of carbonyl (C=O) groups is 2. The lowest BCUT2D eigenvalue weighted by molar-refractivity contribution is -0.143. The molecule has 2 aromatic rings. The first-order chi connectivity index (χ1) is 20.8. The summed E-state index contributed by atoms with van der Waals surface area (Å²) in [6, 6.07) is 9.32. The third-order valence-electron chi connectivity index (χ3n) is 8.25. The molecule has 2 atom stereocenters. The summed E-state index contributed by atoms with van der Waals surface area (Å²) in [5.74, 6) is -1.89. The number of likely N-dealkylation sites (tertiary alicyclic amines) is 1. The third-order valence-corrected chi connectivity index (χ3v) is 8.25. The van der Waals surface area contributed by atoms with Gasteiger partial charge in [0.15, 0.2) is 0 Å². The summed E-state index contributed by atoms with van der Waals surface area (Å²) in [5, 5.41) is 9.62. The predicted octanol–water partition coefficient (Wildman–Crippen LogP) is 8.47. The Kier molecular flexibility index (Phi) is 13.1. The first-order valence-electron chi connectivity index (χ1n) is 15.4. The Bertz CT molecular complexity index is 1170. The van der Waals surface area contributed by atoms with Gasteiger partial charge in [-0.1, -0.05) is 82.2 Å². The highest BCUT2D eigenvalue weighted by molar-refractivity contribution is 5.95. The molecule has 1 amide bonds. The van der Waals surface area contributed by atoms with E-state index in [0.717, 1.165) is 31.2 Å². The lowest BCUT2D eigenvalue weighted by atomic mass is 9.90. The van der Waals surface area contributed by atoms with Crippen molar-refractivity contribution in [2.45, 2.75) is 102 Å². The summed E-state index contributed by atoms with van der Waals surface area (Å²) in [6.45, 7) is 2.61. The van der Waals surface area contributed by atoms with Crippen molar-refractivity contribution in [2.75, 3.05) is 19.6 Å². The number of nitrogens with zero attached hydrogens (tertiary/aromatic N) is 2. The van der Waals surface area contributed by atoms with Crippen molar-refractivity contribution >= 4 is 11.9 Å². The third kappa shape index (κ3) is 10.8. The van der Waals surface area contributed by atoms with Crippen LogP contribution in [0.15, 0.2) is 48.5 Å². The van der Waals surface area contributed by atoms with Gasteiger partial charge in [-0.15, -0.1) is 0 Å². The van der Waals surface area contributed by atoms with Gasteiger partial charge in [-0.05, 0) is 56.0 Å². The zero-order valence-electron chi connectivity index (χ0n) is 25.1. The van der Waals surface area contributed by atoms with Crippen LogP contribution in [0.25, 0.3) is 0 Å². The van der Waals surface area contributed by atoms with E-state index in [0.29, 0.717) is 37.9 Å². The maximum absolute atomic E-state index is 13.6. The Balaban J connectivity index is 1.81. The highest BCUT2D eigenvalue weighted by Crippen LogP contribution is 2.37. The van der Waals surface area contributed by atoms with Crippen LogP contribution in [-0.2, 0) is 23.6 Å². The van der Waals surface area contributed by atoms with E-state index in [1.807, 2.05) is 35.2 Å². The summed E-state index contributed by atoms with van der Waals surface area (Å²) < 4.78 is 81.1. The molecule has 1 N–H and O–H groups in total. The quantitative estimate of drug-likeness (QED) is 0.159. The van der Waals surface area contributed by atoms with Crippen LogP contribution in [0.2, 0.25) is 0 Å². The van der Waals surface area contributed by atoms with Crippen molar-refractivity contribution in [3.05, 3.63) is 70.8 Å². The molecule has 0 unspecified atom stereocenters. The Hall–Kier alpha value is -3.08. The predicted molar refractivity (Wildman–Crippen MR) is 156 cm³/mol. The largest absolute Gasteiger partial charge is 0.480 e. The molecule has 244 valence electrons. The number of alkyl halides is 6. The number of rotatable bonds is 15. The maximum atomic E-state index is 13.6. The van der Waals surface area contributed by atoms with Crippen molar-refractivity contribution < 1.29 is 41.0 Å². The summed E-state index contributed by atoms with van der Waals surface area (Å²) in [7, 11) is 0. The highest BCUT2D eigenvalue weighted by Gasteiger charge is 2.40. The van der Waals surface area contributed by atoms with Crippen LogP contribution < -0.4 is 0 Å². The zero-order chi connectivity index (χ0) is 32.3. The monoisotopic (exact) mass is 628 g/mol. The number of aliphatic carboxylic acids is 1. The van der Waals surface area contributed by atoms with Crippen molar-refractivity contribution in [3.8, 4) is 0 Å². The molecule has 1 heterocycles. The van der Waals surface area contributed by atoms with Gasteiger partial charge in [0, 0.05) is 24.2 Å². The molecule has 5 nitrogen and oxygen atoms in total. The molecule has 0 aliphatic carbocycles. The van der Waals surface area contributed by atoms with Crippen molar-refractivity contribution in [2.24, 2.45) is 0 Å². The molecular weight excluding hydrogens is 586 g/mol. The van der Waals surface area contributed by atoms with Crippen LogP contribution in [0, 0.1) is 0 Å². The number of carbonyl (C=O) groups excluding carboxylic acids is 1. The minimum absolute atomic E-state index is 0.0133. The van der Waals surface area contributed by atoms with E-state index in [9.17, 15) is 41.0 Å². The number of amides is 1. The van der Waals surface area contributed by atoms with Gasteiger partial charge in [0.25, 0.3) is 5.91 Å². The van der Waals surface area contributed by atoms with E-state index >= 15 is 0 Å². The molecule has 0 radical (unpaired) electrons. The molecule has 0 saturated carbocycles. The van der Waals surface area contributed by atoms with Gasteiger partial charge in [-0.3, -0.25) is 14.5 Å². The second-order valence-corrected chi connectivity index (χ2v) is 11.7. The second kappa shape index (κ2) is 16.3. The van der Waals surface area contributed by atoms with Crippen molar-refractivity contribution in [3.63, 3.8) is 0 Å². The number of halogens is 6. The van der Waals surface area contributed by atoms with Gasteiger partial charge in [0.1, 0.15) is 0 Å². The van der Waals surface area contributed by atoms with Gasteiger partial charge >= 0.3 is 18.3 Å². The molecule has 3 rings (SSSR count). The Labute approximate surface area is 255 Å². The van der Waals surface area contributed by atoms with Gasteiger partial charge in [0.05, 0.1) is 17.7 Å². The van der Waals surface area contributed by atoms with Crippen LogP contribution >= 0.6 is 0 Å². The second-order valence-electron chi connectivity index (χ2n) is 11.7. The topological polar surface area (TPSA) is 60.9 Å². The first-order valence-corrected chi connectivity index (χ1v) is 15.4. The smallest absolute Gasteiger partial charge is 0.416 e. The fourth-order valence-electron chi connectivity index (χ4n) is 5.97. The first kappa shape index (κ1) is 35.4. The fourth-order valence-corrected chi connectivity index (χ4v) is 5.97. The van der Waals surface area contributed by atoms with Crippen molar-refractivity contribution in [1.82, 2.24) is 9.80 Å². The van der Waals surface area contributed by atoms with E-state index in [-0.39, 0.29) is 25.2 Å². The summed E-state index contributed by atoms with van der Waals surface area (Å²) in [4.78, 5) is 28.6. The normalized spacial score (nSPS) is 17.7. The minimum atomic E-state index is -5.07. The molecule has 0 bridgehead atoms. The maximum Gasteiger partial charge on any atom is 0.416 e. The molecule has 0 aromatic heterocycles. The lowest BCUT2D eigenvalue weighted by Crippen LogP contribution is -2.53. The Morgan fingerprint density at radius 3 is 1.98 bits per heavy atom. The lowest BCUT2D eigenvalue weighted by Gasteiger charge is -2.43. The average molecular weight is 629 g/mol. The Morgan fingerprint density at radius 1 is 0.864 bits per heavy atom. The minimum Gasteiger partial charge on any atom is -0.480 e. The van der Waals surface area contributed by atoms with Crippen LogP contribution in [0.4, 0.5) is 26.3 Å². The number of unbranched alkanes of at least 4 members (excludes halogenated alkanes) is 7. The zero-order valence-corrected chi connectivity index (χ0v) is 25.1. The SMILES string of the molecule is CCCCCCCCCCN(CC(=O)O)[C@H]1CCN(C(=O)c2cc(C(F)(F)F)cc(C(F)(F)F)c2)[C@H](Cc2ccccc2)C1.